The van der Waals surface area contributed by atoms with E-state index in [-0.39, 0.29) is 11.6 Å². The molecule has 0 amide bonds. The molecule has 144 valence electrons. The molecule has 4 rings (SSSR count). The minimum Gasteiger partial charge on any atom is -0.488 e. The molecular formula is C23H15BrClNO3. The Bertz CT molecular complexity index is 1120. The van der Waals surface area contributed by atoms with Crippen molar-refractivity contribution in [2.45, 2.75) is 6.61 Å². The fourth-order valence-electron chi connectivity index (χ4n) is 2.79. The van der Waals surface area contributed by atoms with Crippen molar-refractivity contribution in [2.24, 2.45) is 4.99 Å². The highest BCUT2D eigenvalue weighted by atomic mass is 79.9. The Balaban J connectivity index is 1.57. The predicted molar refractivity (Wildman–Crippen MR) is 117 cm³/mol. The maximum Gasteiger partial charge on any atom is 0.363 e. The Morgan fingerprint density at radius 3 is 2.62 bits per heavy atom. The molecule has 0 spiro atoms. The van der Waals surface area contributed by atoms with Gasteiger partial charge in [0.2, 0.25) is 5.90 Å². The van der Waals surface area contributed by atoms with E-state index in [9.17, 15) is 4.79 Å². The monoisotopic (exact) mass is 467 g/mol. The van der Waals surface area contributed by atoms with Crippen LogP contribution in [-0.2, 0) is 16.1 Å². The Morgan fingerprint density at radius 1 is 1.03 bits per heavy atom. The summed E-state index contributed by atoms with van der Waals surface area (Å²) in [6.07, 6.45) is 1.67. The first-order valence-corrected chi connectivity index (χ1v) is 10.0. The number of rotatable bonds is 5. The van der Waals surface area contributed by atoms with Crippen LogP contribution in [-0.4, -0.2) is 11.9 Å². The average molecular weight is 469 g/mol. The number of para-hydroxylation sites is 1. The Hall–Kier alpha value is -2.89. The van der Waals surface area contributed by atoms with Gasteiger partial charge >= 0.3 is 5.97 Å². The fraction of sp³-hybridized carbons (Fsp3) is 0.0435. The van der Waals surface area contributed by atoms with Crippen molar-refractivity contribution in [1.29, 1.82) is 0 Å². The lowest BCUT2D eigenvalue weighted by Crippen LogP contribution is -2.05. The van der Waals surface area contributed by atoms with Gasteiger partial charge in [-0.15, -0.1) is 0 Å². The summed E-state index contributed by atoms with van der Waals surface area (Å²) in [4.78, 5) is 16.6. The Labute approximate surface area is 181 Å². The van der Waals surface area contributed by atoms with Gasteiger partial charge in [0, 0.05) is 20.6 Å². The zero-order valence-corrected chi connectivity index (χ0v) is 17.5. The number of benzene rings is 3. The van der Waals surface area contributed by atoms with Crippen LogP contribution in [0.25, 0.3) is 6.08 Å². The molecule has 0 unspecified atom stereocenters. The summed E-state index contributed by atoms with van der Waals surface area (Å²) in [7, 11) is 0. The van der Waals surface area contributed by atoms with E-state index in [0.29, 0.717) is 17.4 Å². The number of esters is 1. The molecule has 0 saturated heterocycles. The van der Waals surface area contributed by atoms with Gasteiger partial charge in [-0.05, 0) is 54.1 Å². The lowest BCUT2D eigenvalue weighted by molar-refractivity contribution is -0.129. The van der Waals surface area contributed by atoms with Gasteiger partial charge in [0.1, 0.15) is 12.4 Å². The standard InChI is InChI=1S/C23H15BrClNO3/c24-18-10-8-16(9-11-18)22-26-20(23(27)29-22)13-17-5-1-2-7-21(17)28-14-15-4-3-6-19(25)12-15/h1-13H,14H2/b20-13-. The summed E-state index contributed by atoms with van der Waals surface area (Å²) < 4.78 is 12.2. The normalized spacial score (nSPS) is 14.6. The number of cyclic esters (lactones) is 1. The van der Waals surface area contributed by atoms with E-state index >= 15 is 0 Å². The lowest BCUT2D eigenvalue weighted by atomic mass is 10.1. The van der Waals surface area contributed by atoms with E-state index in [0.717, 1.165) is 21.2 Å². The lowest BCUT2D eigenvalue weighted by Gasteiger charge is -2.09. The molecule has 0 aliphatic carbocycles. The summed E-state index contributed by atoms with van der Waals surface area (Å²) in [5.41, 5.74) is 2.65. The number of halogens is 2. The summed E-state index contributed by atoms with van der Waals surface area (Å²) in [6.45, 7) is 0.360. The van der Waals surface area contributed by atoms with Crippen molar-refractivity contribution in [2.75, 3.05) is 0 Å². The number of carbonyl (C=O) groups excluding carboxylic acids is 1. The van der Waals surface area contributed by atoms with Crippen LogP contribution in [0.15, 0.2) is 88.0 Å². The van der Waals surface area contributed by atoms with Gasteiger partial charge in [0.15, 0.2) is 5.70 Å². The smallest absolute Gasteiger partial charge is 0.363 e. The van der Waals surface area contributed by atoms with Gasteiger partial charge < -0.3 is 9.47 Å². The van der Waals surface area contributed by atoms with Gasteiger partial charge in [-0.25, -0.2) is 9.79 Å². The van der Waals surface area contributed by atoms with Crippen LogP contribution in [0.5, 0.6) is 5.75 Å². The largest absolute Gasteiger partial charge is 0.488 e. The molecule has 3 aromatic rings. The first-order valence-electron chi connectivity index (χ1n) is 8.83. The van der Waals surface area contributed by atoms with E-state index in [4.69, 9.17) is 21.1 Å². The first kappa shape index (κ1) is 19.4. The number of nitrogens with zero attached hydrogens (tertiary/aromatic N) is 1. The van der Waals surface area contributed by atoms with Crippen LogP contribution in [0.2, 0.25) is 5.02 Å². The number of hydrogen-bond acceptors (Lipinski definition) is 4. The Kier molecular flexibility index (Phi) is 5.79. The summed E-state index contributed by atoms with van der Waals surface area (Å²) >= 11 is 9.41. The van der Waals surface area contributed by atoms with Gasteiger partial charge in [0.05, 0.1) is 0 Å². The second-order valence-electron chi connectivity index (χ2n) is 6.30. The van der Waals surface area contributed by atoms with Gasteiger partial charge in [-0.2, -0.15) is 0 Å². The molecule has 0 N–H and O–H groups in total. The van der Waals surface area contributed by atoms with Crippen molar-refractivity contribution in [3.05, 3.63) is 105 Å². The van der Waals surface area contributed by atoms with E-state index in [1.165, 1.54) is 0 Å². The second kappa shape index (κ2) is 8.64. The topological polar surface area (TPSA) is 47.9 Å². The maximum atomic E-state index is 12.3. The molecule has 0 saturated carbocycles. The molecule has 0 atom stereocenters. The van der Waals surface area contributed by atoms with Gasteiger partial charge in [0.25, 0.3) is 0 Å². The van der Waals surface area contributed by atoms with Crippen LogP contribution >= 0.6 is 27.5 Å². The van der Waals surface area contributed by atoms with Crippen molar-refractivity contribution >= 4 is 45.5 Å². The van der Waals surface area contributed by atoms with Crippen molar-refractivity contribution in [3.8, 4) is 5.75 Å². The highest BCUT2D eigenvalue weighted by molar-refractivity contribution is 9.10. The van der Waals surface area contributed by atoms with Crippen LogP contribution in [0.4, 0.5) is 0 Å². The quantitative estimate of drug-likeness (QED) is 0.339. The van der Waals surface area contributed by atoms with E-state index in [1.807, 2.05) is 72.8 Å². The number of aliphatic imine (C=N–C) groups is 1. The zero-order valence-electron chi connectivity index (χ0n) is 15.1. The van der Waals surface area contributed by atoms with Crippen LogP contribution in [0.3, 0.4) is 0 Å². The zero-order chi connectivity index (χ0) is 20.2. The Morgan fingerprint density at radius 2 is 1.83 bits per heavy atom. The number of hydrogen-bond donors (Lipinski definition) is 0. The molecular weight excluding hydrogens is 454 g/mol. The summed E-state index contributed by atoms with van der Waals surface area (Å²) in [6, 6.07) is 22.3. The molecule has 1 aliphatic rings. The summed E-state index contributed by atoms with van der Waals surface area (Å²) in [5.74, 6) is 0.429. The minimum atomic E-state index is -0.493. The minimum absolute atomic E-state index is 0.224. The molecule has 0 bridgehead atoms. The molecule has 3 aromatic carbocycles. The molecule has 1 heterocycles. The average Bonchev–Trinajstić information content (AvgIpc) is 3.08. The molecule has 0 fully saturated rings. The third-order valence-electron chi connectivity index (χ3n) is 4.21. The summed E-state index contributed by atoms with van der Waals surface area (Å²) in [5, 5.41) is 0.657. The molecule has 4 nitrogen and oxygen atoms in total. The molecule has 1 aliphatic heterocycles. The van der Waals surface area contributed by atoms with E-state index in [2.05, 4.69) is 20.9 Å². The number of ether oxygens (including phenoxy) is 2. The third-order valence-corrected chi connectivity index (χ3v) is 4.97. The molecule has 0 aromatic heterocycles. The fourth-order valence-corrected chi connectivity index (χ4v) is 3.27. The van der Waals surface area contributed by atoms with Gasteiger partial charge in [-0.1, -0.05) is 57.9 Å². The van der Waals surface area contributed by atoms with Crippen LogP contribution in [0, 0.1) is 0 Å². The third kappa shape index (κ3) is 4.75. The van der Waals surface area contributed by atoms with Gasteiger partial charge in [-0.3, -0.25) is 0 Å². The van der Waals surface area contributed by atoms with Crippen LogP contribution < -0.4 is 4.74 Å². The second-order valence-corrected chi connectivity index (χ2v) is 7.65. The highest BCUT2D eigenvalue weighted by Gasteiger charge is 2.24. The van der Waals surface area contributed by atoms with Crippen molar-refractivity contribution in [3.63, 3.8) is 0 Å². The molecule has 29 heavy (non-hydrogen) atoms. The van der Waals surface area contributed by atoms with Crippen molar-refractivity contribution in [1.82, 2.24) is 0 Å². The highest BCUT2D eigenvalue weighted by Crippen LogP contribution is 2.26. The SMILES string of the molecule is O=C1OC(c2ccc(Br)cc2)=N/C1=C\c1ccccc1OCc1cccc(Cl)c1. The van der Waals surface area contributed by atoms with E-state index in [1.54, 1.807) is 6.08 Å². The van der Waals surface area contributed by atoms with Crippen molar-refractivity contribution < 1.29 is 14.3 Å². The maximum absolute atomic E-state index is 12.3. The predicted octanol–water partition coefficient (Wildman–Crippen LogP) is 6.03. The number of carbonyl (C=O) groups is 1. The molecule has 0 radical (unpaired) electrons. The first-order chi connectivity index (χ1) is 14.1. The van der Waals surface area contributed by atoms with Crippen LogP contribution in [0.1, 0.15) is 16.7 Å². The van der Waals surface area contributed by atoms with E-state index < -0.39 is 5.97 Å². The molecule has 6 heteroatoms.